The van der Waals surface area contributed by atoms with Crippen molar-refractivity contribution in [2.75, 3.05) is 18.2 Å². The number of carbonyl (C=O) groups is 1. The number of amides is 1. The van der Waals surface area contributed by atoms with E-state index in [1.807, 2.05) is 78.2 Å². The van der Waals surface area contributed by atoms with Crippen molar-refractivity contribution in [3.63, 3.8) is 0 Å². The smallest absolute Gasteiger partial charge is 0.268 e. The third-order valence-corrected chi connectivity index (χ3v) is 7.20. The van der Waals surface area contributed by atoms with E-state index in [0.717, 1.165) is 11.1 Å². The quantitative estimate of drug-likeness (QED) is 0.225. The molecular formula is C27H21N3O3S2. The lowest BCUT2D eigenvalue weighted by molar-refractivity contribution is -0.113. The molecule has 0 aliphatic carbocycles. The van der Waals surface area contributed by atoms with E-state index in [2.05, 4.69) is 5.32 Å². The fourth-order valence-corrected chi connectivity index (χ4v) is 5.57. The fourth-order valence-electron chi connectivity index (χ4n) is 3.77. The Morgan fingerprint density at radius 1 is 1.00 bits per heavy atom. The molecule has 0 aliphatic rings. The van der Waals surface area contributed by atoms with Gasteiger partial charge in [-0.3, -0.25) is 14.2 Å². The van der Waals surface area contributed by atoms with Crippen LogP contribution in [0.15, 0.2) is 100 Å². The van der Waals surface area contributed by atoms with Gasteiger partial charge in [-0.15, -0.1) is 11.3 Å². The summed E-state index contributed by atoms with van der Waals surface area (Å²) in [7, 11) is 1.56. The summed E-state index contributed by atoms with van der Waals surface area (Å²) in [6, 6.07) is 26.4. The van der Waals surface area contributed by atoms with Gasteiger partial charge < -0.3 is 10.1 Å². The molecule has 5 rings (SSSR count). The number of methoxy groups -OCH3 is 1. The molecule has 5 aromatic rings. The van der Waals surface area contributed by atoms with Crippen LogP contribution in [0.5, 0.6) is 5.75 Å². The van der Waals surface area contributed by atoms with Crippen LogP contribution in [0.4, 0.5) is 5.69 Å². The number of hydrogen-bond acceptors (Lipinski definition) is 6. The number of carbonyl (C=O) groups excluding carboxylic acids is 1. The van der Waals surface area contributed by atoms with E-state index >= 15 is 0 Å². The van der Waals surface area contributed by atoms with Crippen molar-refractivity contribution >= 4 is 44.9 Å². The zero-order chi connectivity index (χ0) is 24.2. The van der Waals surface area contributed by atoms with Crippen LogP contribution < -0.4 is 15.6 Å². The highest BCUT2D eigenvalue weighted by Gasteiger charge is 2.19. The van der Waals surface area contributed by atoms with Crippen LogP contribution >= 0.6 is 23.1 Å². The number of benzene rings is 3. The van der Waals surface area contributed by atoms with Crippen LogP contribution in [-0.4, -0.2) is 28.3 Å². The van der Waals surface area contributed by atoms with Crippen molar-refractivity contribution in [1.82, 2.24) is 9.55 Å². The predicted molar refractivity (Wildman–Crippen MR) is 143 cm³/mol. The van der Waals surface area contributed by atoms with Gasteiger partial charge >= 0.3 is 0 Å². The van der Waals surface area contributed by atoms with Gasteiger partial charge in [0.05, 0.1) is 29.6 Å². The van der Waals surface area contributed by atoms with Gasteiger partial charge in [-0.05, 0) is 29.8 Å². The number of hydrogen-bond donors (Lipinski definition) is 1. The van der Waals surface area contributed by atoms with E-state index in [0.29, 0.717) is 32.5 Å². The molecule has 0 spiro atoms. The summed E-state index contributed by atoms with van der Waals surface area (Å²) in [6.45, 7) is 0. The maximum Gasteiger partial charge on any atom is 0.268 e. The Labute approximate surface area is 210 Å². The predicted octanol–water partition coefficient (Wildman–Crippen LogP) is 5.85. The molecule has 174 valence electrons. The minimum absolute atomic E-state index is 0.0831. The molecular weight excluding hydrogens is 478 g/mol. The summed E-state index contributed by atoms with van der Waals surface area (Å²) in [5.41, 5.74) is 2.96. The first-order valence-electron chi connectivity index (χ1n) is 10.9. The van der Waals surface area contributed by atoms with Crippen molar-refractivity contribution in [3.8, 4) is 22.6 Å². The average Bonchev–Trinajstić information content (AvgIpc) is 3.33. The molecule has 3 aromatic carbocycles. The lowest BCUT2D eigenvalue weighted by Crippen LogP contribution is -2.22. The summed E-state index contributed by atoms with van der Waals surface area (Å²) < 4.78 is 6.90. The second-order valence-electron chi connectivity index (χ2n) is 7.60. The number of thioether (sulfide) groups is 1. The Morgan fingerprint density at radius 3 is 2.43 bits per heavy atom. The zero-order valence-corrected chi connectivity index (χ0v) is 20.4. The van der Waals surface area contributed by atoms with Gasteiger partial charge in [0.15, 0.2) is 5.16 Å². The Hall–Kier alpha value is -3.88. The van der Waals surface area contributed by atoms with Crippen LogP contribution in [0.2, 0.25) is 0 Å². The Kier molecular flexibility index (Phi) is 6.65. The Morgan fingerprint density at radius 2 is 1.69 bits per heavy atom. The number of aromatic nitrogens is 2. The number of nitrogens with one attached hydrogen (secondary N) is 1. The largest absolute Gasteiger partial charge is 0.495 e. The van der Waals surface area contributed by atoms with E-state index in [4.69, 9.17) is 9.72 Å². The SMILES string of the molecule is COc1ccccc1NC(=O)CSc1nc2scc(-c3ccccc3)c2c(=O)n1-c1ccccc1. The molecule has 1 N–H and O–H groups in total. The second-order valence-corrected chi connectivity index (χ2v) is 9.40. The molecule has 0 saturated heterocycles. The fraction of sp³-hybridized carbons (Fsp3) is 0.0741. The van der Waals surface area contributed by atoms with Crippen LogP contribution in [-0.2, 0) is 4.79 Å². The minimum Gasteiger partial charge on any atom is -0.495 e. The molecule has 6 nitrogen and oxygen atoms in total. The lowest BCUT2D eigenvalue weighted by atomic mass is 10.1. The van der Waals surface area contributed by atoms with Crippen molar-refractivity contribution in [1.29, 1.82) is 0 Å². The molecule has 35 heavy (non-hydrogen) atoms. The van der Waals surface area contributed by atoms with Crippen LogP contribution in [0.1, 0.15) is 0 Å². The molecule has 8 heteroatoms. The van der Waals surface area contributed by atoms with Crippen LogP contribution in [0, 0.1) is 0 Å². The van der Waals surface area contributed by atoms with Gasteiger partial charge in [0.25, 0.3) is 5.56 Å². The third-order valence-electron chi connectivity index (χ3n) is 5.39. The average molecular weight is 500 g/mol. The number of rotatable bonds is 7. The first kappa shape index (κ1) is 22.9. The van der Waals surface area contributed by atoms with Gasteiger partial charge in [-0.2, -0.15) is 0 Å². The first-order valence-corrected chi connectivity index (χ1v) is 12.7. The number of fused-ring (bicyclic) bond motifs is 1. The number of nitrogens with zero attached hydrogens (tertiary/aromatic N) is 2. The molecule has 0 saturated carbocycles. The topological polar surface area (TPSA) is 73.2 Å². The molecule has 0 radical (unpaired) electrons. The van der Waals surface area contributed by atoms with Gasteiger partial charge in [0, 0.05) is 10.9 Å². The maximum absolute atomic E-state index is 13.8. The monoisotopic (exact) mass is 499 g/mol. The summed E-state index contributed by atoms with van der Waals surface area (Å²) in [4.78, 5) is 32.0. The van der Waals surface area contributed by atoms with E-state index in [9.17, 15) is 9.59 Å². The van der Waals surface area contributed by atoms with E-state index in [1.54, 1.807) is 23.8 Å². The summed E-state index contributed by atoms with van der Waals surface area (Å²) in [6.07, 6.45) is 0. The van der Waals surface area contributed by atoms with E-state index in [-0.39, 0.29) is 17.2 Å². The summed E-state index contributed by atoms with van der Waals surface area (Å²) >= 11 is 2.65. The molecule has 1 amide bonds. The van der Waals surface area contributed by atoms with Crippen molar-refractivity contribution < 1.29 is 9.53 Å². The van der Waals surface area contributed by atoms with Crippen molar-refractivity contribution in [2.45, 2.75) is 5.16 Å². The third kappa shape index (κ3) is 4.71. The summed E-state index contributed by atoms with van der Waals surface area (Å²) in [5.74, 6) is 0.447. The zero-order valence-electron chi connectivity index (χ0n) is 18.8. The summed E-state index contributed by atoms with van der Waals surface area (Å²) in [5, 5.41) is 5.88. The second kappa shape index (κ2) is 10.2. The van der Waals surface area contributed by atoms with Crippen molar-refractivity contribution in [3.05, 3.63) is 101 Å². The number of ether oxygens (including phenoxy) is 1. The maximum atomic E-state index is 13.8. The number of para-hydroxylation sites is 3. The van der Waals surface area contributed by atoms with Gasteiger partial charge in [-0.1, -0.05) is 72.4 Å². The molecule has 0 bridgehead atoms. The molecule has 2 heterocycles. The minimum atomic E-state index is -0.218. The van der Waals surface area contributed by atoms with Gasteiger partial charge in [0.2, 0.25) is 5.91 Å². The Balaban J connectivity index is 1.52. The molecule has 0 aliphatic heterocycles. The molecule has 0 atom stereocenters. The number of thiophene rings is 1. The molecule has 0 unspecified atom stereocenters. The Bertz CT molecular complexity index is 1550. The first-order chi connectivity index (χ1) is 17.2. The van der Waals surface area contributed by atoms with E-state index < -0.39 is 0 Å². The molecule has 2 aromatic heterocycles. The van der Waals surface area contributed by atoms with Crippen LogP contribution in [0.25, 0.3) is 27.0 Å². The van der Waals surface area contributed by atoms with E-state index in [1.165, 1.54) is 23.1 Å². The highest BCUT2D eigenvalue weighted by Crippen LogP contribution is 2.33. The number of anilines is 1. The normalized spacial score (nSPS) is 10.9. The standard InChI is InChI=1S/C27H21N3O3S2/c1-33-22-15-9-8-14-21(22)28-23(31)17-35-27-29-25-24(20(16-34-25)18-10-4-2-5-11-18)26(32)30(27)19-12-6-3-7-13-19/h2-16H,17H2,1H3,(H,28,31). The molecule has 0 fully saturated rings. The van der Waals surface area contributed by atoms with Crippen molar-refractivity contribution in [2.24, 2.45) is 0 Å². The van der Waals surface area contributed by atoms with Crippen LogP contribution in [0.3, 0.4) is 0 Å². The lowest BCUT2D eigenvalue weighted by Gasteiger charge is -2.13. The van der Waals surface area contributed by atoms with Gasteiger partial charge in [-0.25, -0.2) is 4.98 Å². The highest BCUT2D eigenvalue weighted by atomic mass is 32.2. The highest BCUT2D eigenvalue weighted by molar-refractivity contribution is 7.99. The van der Waals surface area contributed by atoms with Gasteiger partial charge in [0.1, 0.15) is 10.6 Å².